The summed E-state index contributed by atoms with van der Waals surface area (Å²) in [5, 5.41) is 11.6. The summed E-state index contributed by atoms with van der Waals surface area (Å²) in [4.78, 5) is 14.8. The number of aryl methyl sites for hydroxylation is 1. The summed E-state index contributed by atoms with van der Waals surface area (Å²) in [6, 6.07) is 5.85. The number of carboxylic acid groups (broad SMARTS) is 1. The molecule has 0 saturated carbocycles. The number of nitrogens with zero attached hydrogens (tertiary/aromatic N) is 2. The van der Waals surface area contributed by atoms with Crippen LogP contribution in [0.25, 0.3) is 5.65 Å². The molecule has 0 aromatic carbocycles. The number of fused-ring (bicyclic) bond motifs is 1. The summed E-state index contributed by atoms with van der Waals surface area (Å²) < 4.78 is 2.02. The fourth-order valence-corrected chi connectivity index (χ4v) is 1.78. The Morgan fingerprint density at radius 3 is 3.12 bits per heavy atom. The molecule has 0 aliphatic heterocycles. The molecule has 17 heavy (non-hydrogen) atoms. The maximum atomic E-state index is 10.4. The van der Waals surface area contributed by atoms with E-state index in [-0.39, 0.29) is 6.42 Å². The van der Waals surface area contributed by atoms with Crippen molar-refractivity contribution in [2.24, 2.45) is 0 Å². The molecule has 0 aliphatic rings. The molecule has 2 rings (SSSR count). The van der Waals surface area contributed by atoms with Crippen molar-refractivity contribution < 1.29 is 9.90 Å². The Bertz CT molecular complexity index is 534. The fraction of sp³-hybridized carbons (Fsp3) is 0.333. The third-order valence-electron chi connectivity index (χ3n) is 2.64. The fourth-order valence-electron chi connectivity index (χ4n) is 1.78. The van der Waals surface area contributed by atoms with Gasteiger partial charge in [-0.15, -0.1) is 0 Å². The number of pyridine rings is 1. The first-order valence-electron chi connectivity index (χ1n) is 5.53. The minimum Gasteiger partial charge on any atom is -0.481 e. The number of rotatable bonds is 5. The highest BCUT2D eigenvalue weighted by Crippen LogP contribution is 2.11. The second-order valence-corrected chi connectivity index (χ2v) is 3.89. The smallest absolute Gasteiger partial charge is 0.304 e. The van der Waals surface area contributed by atoms with Crippen LogP contribution in [0.5, 0.6) is 0 Å². The Morgan fingerprint density at radius 1 is 1.53 bits per heavy atom. The molecule has 0 radical (unpaired) electrons. The highest BCUT2D eigenvalue weighted by atomic mass is 16.4. The number of aromatic nitrogens is 2. The first kappa shape index (κ1) is 11.6. The lowest BCUT2D eigenvalue weighted by Crippen LogP contribution is -2.19. The molecule has 0 bridgehead atoms. The van der Waals surface area contributed by atoms with E-state index in [2.05, 4.69) is 10.3 Å². The van der Waals surface area contributed by atoms with E-state index in [1.165, 1.54) is 0 Å². The number of imidazole rings is 1. The largest absolute Gasteiger partial charge is 0.481 e. The van der Waals surface area contributed by atoms with Gasteiger partial charge in [-0.05, 0) is 19.1 Å². The Morgan fingerprint density at radius 2 is 2.35 bits per heavy atom. The summed E-state index contributed by atoms with van der Waals surface area (Å²) in [7, 11) is 0. The van der Waals surface area contributed by atoms with Crippen LogP contribution in [0.1, 0.15) is 17.8 Å². The molecular formula is C12H15N3O2. The lowest BCUT2D eigenvalue weighted by Gasteiger charge is -2.04. The van der Waals surface area contributed by atoms with Crippen LogP contribution in [0, 0.1) is 6.92 Å². The maximum Gasteiger partial charge on any atom is 0.304 e. The van der Waals surface area contributed by atoms with Gasteiger partial charge in [-0.3, -0.25) is 4.79 Å². The zero-order valence-electron chi connectivity index (χ0n) is 9.68. The third kappa shape index (κ3) is 2.62. The number of hydrogen-bond donors (Lipinski definition) is 2. The average Bonchev–Trinajstić information content (AvgIpc) is 2.60. The van der Waals surface area contributed by atoms with Gasteiger partial charge in [-0.2, -0.15) is 0 Å². The van der Waals surface area contributed by atoms with Crippen molar-refractivity contribution in [3.63, 3.8) is 0 Å². The van der Waals surface area contributed by atoms with E-state index in [9.17, 15) is 4.79 Å². The predicted octanol–water partition coefficient (Wildman–Crippen LogP) is 1.21. The monoisotopic (exact) mass is 233 g/mol. The van der Waals surface area contributed by atoms with E-state index in [1.807, 2.05) is 35.7 Å². The lowest BCUT2D eigenvalue weighted by atomic mass is 10.3. The van der Waals surface area contributed by atoms with E-state index in [0.29, 0.717) is 13.1 Å². The summed E-state index contributed by atoms with van der Waals surface area (Å²) in [6.45, 7) is 3.06. The highest BCUT2D eigenvalue weighted by Gasteiger charge is 2.07. The second kappa shape index (κ2) is 4.97. The van der Waals surface area contributed by atoms with Crippen molar-refractivity contribution in [3.05, 3.63) is 35.8 Å². The molecule has 5 nitrogen and oxygen atoms in total. The van der Waals surface area contributed by atoms with Crippen molar-refractivity contribution in [3.8, 4) is 0 Å². The molecule has 0 unspecified atom stereocenters. The number of carboxylic acids is 1. The first-order valence-corrected chi connectivity index (χ1v) is 5.53. The Balaban J connectivity index is 2.07. The SMILES string of the molecule is Cc1nc2ccccn2c1CNCCC(=O)O. The van der Waals surface area contributed by atoms with Crippen LogP contribution in [-0.4, -0.2) is 27.0 Å². The van der Waals surface area contributed by atoms with Crippen molar-refractivity contribution >= 4 is 11.6 Å². The van der Waals surface area contributed by atoms with Gasteiger partial charge >= 0.3 is 5.97 Å². The summed E-state index contributed by atoms with van der Waals surface area (Å²) in [5.41, 5.74) is 2.96. The minimum atomic E-state index is -0.785. The van der Waals surface area contributed by atoms with E-state index in [4.69, 9.17) is 5.11 Å². The van der Waals surface area contributed by atoms with Gasteiger partial charge in [-0.25, -0.2) is 4.98 Å². The van der Waals surface area contributed by atoms with Crippen LogP contribution in [0.15, 0.2) is 24.4 Å². The van der Waals surface area contributed by atoms with Crippen molar-refractivity contribution in [1.29, 1.82) is 0 Å². The van der Waals surface area contributed by atoms with Crippen LogP contribution >= 0.6 is 0 Å². The molecule has 2 aromatic rings. The van der Waals surface area contributed by atoms with Crippen LogP contribution in [0.3, 0.4) is 0 Å². The van der Waals surface area contributed by atoms with Gasteiger partial charge in [0, 0.05) is 19.3 Å². The normalized spacial score (nSPS) is 10.9. The number of carbonyl (C=O) groups is 1. The highest BCUT2D eigenvalue weighted by molar-refractivity contribution is 5.66. The van der Waals surface area contributed by atoms with Crippen molar-refractivity contribution in [2.75, 3.05) is 6.54 Å². The molecule has 2 aromatic heterocycles. The first-order chi connectivity index (χ1) is 8.18. The van der Waals surface area contributed by atoms with Gasteiger partial charge in [0.1, 0.15) is 5.65 Å². The average molecular weight is 233 g/mol. The number of hydrogen-bond acceptors (Lipinski definition) is 3. The van der Waals surface area contributed by atoms with E-state index in [0.717, 1.165) is 17.0 Å². The molecule has 0 atom stereocenters. The standard InChI is InChI=1S/C12H15N3O2/c1-9-10(8-13-6-5-12(16)17)15-7-3-2-4-11(15)14-9/h2-4,7,13H,5-6,8H2,1H3,(H,16,17). The lowest BCUT2D eigenvalue weighted by molar-refractivity contribution is -0.136. The summed E-state index contributed by atoms with van der Waals surface area (Å²) in [5.74, 6) is -0.785. The van der Waals surface area contributed by atoms with Gasteiger partial charge in [-0.1, -0.05) is 6.07 Å². The molecular weight excluding hydrogens is 218 g/mol. The van der Waals surface area contributed by atoms with Gasteiger partial charge < -0.3 is 14.8 Å². The summed E-state index contributed by atoms with van der Waals surface area (Å²) in [6.07, 6.45) is 2.10. The van der Waals surface area contributed by atoms with Crippen molar-refractivity contribution in [2.45, 2.75) is 19.9 Å². The number of aliphatic carboxylic acids is 1. The zero-order chi connectivity index (χ0) is 12.3. The van der Waals surface area contributed by atoms with Crippen LogP contribution in [0.4, 0.5) is 0 Å². The molecule has 0 aliphatic carbocycles. The molecule has 2 N–H and O–H groups in total. The zero-order valence-corrected chi connectivity index (χ0v) is 9.68. The van der Waals surface area contributed by atoms with Crippen LogP contribution < -0.4 is 5.32 Å². The van der Waals surface area contributed by atoms with Gasteiger partial charge in [0.05, 0.1) is 17.8 Å². The predicted molar refractivity (Wildman–Crippen MR) is 63.9 cm³/mol. The molecule has 90 valence electrons. The maximum absolute atomic E-state index is 10.4. The minimum absolute atomic E-state index is 0.135. The quantitative estimate of drug-likeness (QED) is 0.762. The third-order valence-corrected chi connectivity index (χ3v) is 2.64. The van der Waals surface area contributed by atoms with E-state index >= 15 is 0 Å². The topological polar surface area (TPSA) is 66.6 Å². The van der Waals surface area contributed by atoms with Gasteiger partial charge in [0.25, 0.3) is 0 Å². The molecule has 0 amide bonds. The molecule has 0 spiro atoms. The Hall–Kier alpha value is -1.88. The molecule has 2 heterocycles. The molecule has 0 saturated heterocycles. The van der Waals surface area contributed by atoms with Gasteiger partial charge in [0.15, 0.2) is 0 Å². The van der Waals surface area contributed by atoms with Crippen LogP contribution in [0.2, 0.25) is 0 Å². The van der Waals surface area contributed by atoms with E-state index in [1.54, 1.807) is 0 Å². The van der Waals surface area contributed by atoms with Crippen LogP contribution in [-0.2, 0) is 11.3 Å². The second-order valence-electron chi connectivity index (χ2n) is 3.89. The molecule has 0 fully saturated rings. The Kier molecular flexibility index (Phi) is 3.39. The number of nitrogens with one attached hydrogen (secondary N) is 1. The Labute approximate surface area is 99.1 Å². The van der Waals surface area contributed by atoms with Crippen molar-refractivity contribution in [1.82, 2.24) is 14.7 Å². The molecule has 5 heteroatoms. The van der Waals surface area contributed by atoms with E-state index < -0.39 is 5.97 Å². The summed E-state index contributed by atoms with van der Waals surface area (Å²) >= 11 is 0. The van der Waals surface area contributed by atoms with Gasteiger partial charge in [0.2, 0.25) is 0 Å².